The molecule has 1 aliphatic rings. The molecule has 0 spiro atoms. The first-order chi connectivity index (χ1) is 15.4. The molecule has 32 heavy (non-hydrogen) atoms. The second kappa shape index (κ2) is 9.12. The van der Waals surface area contributed by atoms with E-state index in [9.17, 15) is 14.4 Å². The fourth-order valence-electron chi connectivity index (χ4n) is 4.39. The molecule has 0 aliphatic carbocycles. The summed E-state index contributed by atoms with van der Waals surface area (Å²) < 4.78 is 4.33. The normalized spacial score (nSPS) is 16.3. The highest BCUT2D eigenvalue weighted by Crippen LogP contribution is 2.20. The minimum Gasteiger partial charge on any atom is -0.349 e. The fraction of sp³-hybridized carbons (Fsp3) is 0.478. The van der Waals surface area contributed by atoms with Gasteiger partial charge in [-0.1, -0.05) is 30.3 Å². The van der Waals surface area contributed by atoms with Gasteiger partial charge < -0.3 is 14.8 Å². The third kappa shape index (κ3) is 4.25. The highest BCUT2D eigenvalue weighted by atomic mass is 16.2. The zero-order chi connectivity index (χ0) is 22.8. The molecule has 0 bridgehead atoms. The summed E-state index contributed by atoms with van der Waals surface area (Å²) in [6, 6.07) is 9.98. The molecule has 1 saturated heterocycles. The van der Waals surface area contributed by atoms with E-state index in [1.807, 2.05) is 41.8 Å². The second-order valence-corrected chi connectivity index (χ2v) is 8.57. The van der Waals surface area contributed by atoms with Gasteiger partial charge in [0.2, 0.25) is 5.91 Å². The number of carbonyl (C=O) groups is 1. The Balaban J connectivity index is 1.33. The van der Waals surface area contributed by atoms with E-state index < -0.39 is 0 Å². The van der Waals surface area contributed by atoms with Gasteiger partial charge in [-0.3, -0.25) is 18.7 Å². The van der Waals surface area contributed by atoms with E-state index >= 15 is 0 Å². The van der Waals surface area contributed by atoms with E-state index in [0.717, 1.165) is 42.6 Å². The summed E-state index contributed by atoms with van der Waals surface area (Å²) in [6.45, 7) is 5.04. The third-order valence-electron chi connectivity index (χ3n) is 6.49. The van der Waals surface area contributed by atoms with E-state index in [0.29, 0.717) is 17.7 Å². The number of aromatic nitrogens is 4. The SMILES string of the molecule is CC(NC(=O)C1CCN(CCn2cnc3c2c(=O)n(C)c(=O)n3C)CC1)c1ccccc1. The molecule has 1 N–H and O–H groups in total. The zero-order valence-electron chi connectivity index (χ0n) is 18.8. The van der Waals surface area contributed by atoms with Crippen LogP contribution in [0.15, 0.2) is 46.2 Å². The van der Waals surface area contributed by atoms with E-state index in [2.05, 4.69) is 15.2 Å². The highest BCUT2D eigenvalue weighted by Gasteiger charge is 2.26. The summed E-state index contributed by atoms with van der Waals surface area (Å²) in [4.78, 5) is 43.9. The predicted molar refractivity (Wildman–Crippen MR) is 122 cm³/mol. The van der Waals surface area contributed by atoms with E-state index in [-0.39, 0.29) is 29.1 Å². The van der Waals surface area contributed by atoms with Crippen LogP contribution in [0.25, 0.3) is 11.2 Å². The van der Waals surface area contributed by atoms with Crippen LogP contribution in [-0.4, -0.2) is 49.1 Å². The van der Waals surface area contributed by atoms with Gasteiger partial charge in [-0.25, -0.2) is 9.78 Å². The molecular formula is C23H30N6O3. The van der Waals surface area contributed by atoms with Crippen molar-refractivity contribution in [1.82, 2.24) is 28.9 Å². The van der Waals surface area contributed by atoms with Crippen molar-refractivity contribution in [3.63, 3.8) is 0 Å². The van der Waals surface area contributed by atoms with Crippen LogP contribution in [0.4, 0.5) is 0 Å². The van der Waals surface area contributed by atoms with Gasteiger partial charge in [0.1, 0.15) is 0 Å². The van der Waals surface area contributed by atoms with Gasteiger partial charge in [0.05, 0.1) is 12.4 Å². The maximum atomic E-state index is 12.7. The molecule has 170 valence electrons. The average Bonchev–Trinajstić information content (AvgIpc) is 3.25. The van der Waals surface area contributed by atoms with E-state index in [4.69, 9.17) is 0 Å². The average molecular weight is 439 g/mol. The lowest BCUT2D eigenvalue weighted by Crippen LogP contribution is -2.42. The van der Waals surface area contributed by atoms with Gasteiger partial charge in [0.15, 0.2) is 11.2 Å². The second-order valence-electron chi connectivity index (χ2n) is 8.57. The van der Waals surface area contributed by atoms with Gasteiger partial charge in [-0.05, 0) is 38.4 Å². The lowest BCUT2D eigenvalue weighted by Gasteiger charge is -2.32. The number of hydrogen-bond acceptors (Lipinski definition) is 5. The number of imidazole rings is 1. The maximum Gasteiger partial charge on any atom is 0.332 e. The molecule has 1 atom stereocenters. The lowest BCUT2D eigenvalue weighted by atomic mass is 9.95. The van der Waals surface area contributed by atoms with Gasteiger partial charge in [-0.2, -0.15) is 0 Å². The van der Waals surface area contributed by atoms with Crippen molar-refractivity contribution in [2.75, 3.05) is 19.6 Å². The van der Waals surface area contributed by atoms with Crippen LogP contribution in [0.5, 0.6) is 0 Å². The molecule has 1 fully saturated rings. The van der Waals surface area contributed by atoms with Crippen LogP contribution < -0.4 is 16.6 Å². The Morgan fingerprint density at radius 1 is 1.09 bits per heavy atom. The molecule has 1 aliphatic heterocycles. The predicted octanol–water partition coefficient (Wildman–Crippen LogP) is 1.02. The van der Waals surface area contributed by atoms with Crippen LogP contribution in [0.1, 0.15) is 31.4 Å². The molecule has 2 aromatic heterocycles. The van der Waals surface area contributed by atoms with Crippen LogP contribution in [0.2, 0.25) is 0 Å². The molecule has 4 rings (SSSR count). The summed E-state index contributed by atoms with van der Waals surface area (Å²) in [5.41, 5.74) is 1.24. The number of rotatable bonds is 6. The first-order valence-electron chi connectivity index (χ1n) is 11.1. The summed E-state index contributed by atoms with van der Waals surface area (Å²) in [5, 5.41) is 3.14. The molecule has 9 heteroatoms. The third-order valence-corrected chi connectivity index (χ3v) is 6.49. The molecule has 3 aromatic rings. The Kier molecular flexibility index (Phi) is 6.27. The fourth-order valence-corrected chi connectivity index (χ4v) is 4.39. The van der Waals surface area contributed by atoms with Gasteiger partial charge in [-0.15, -0.1) is 0 Å². The number of carbonyl (C=O) groups excluding carboxylic acids is 1. The lowest BCUT2D eigenvalue weighted by molar-refractivity contribution is -0.127. The number of piperidine rings is 1. The minimum absolute atomic E-state index is 0.00479. The van der Waals surface area contributed by atoms with Crippen molar-refractivity contribution >= 4 is 17.1 Å². The smallest absolute Gasteiger partial charge is 0.332 e. The number of fused-ring (bicyclic) bond motifs is 1. The van der Waals surface area contributed by atoms with Gasteiger partial charge in [0.25, 0.3) is 5.56 Å². The molecule has 1 unspecified atom stereocenters. The number of benzene rings is 1. The zero-order valence-corrected chi connectivity index (χ0v) is 18.8. The van der Waals surface area contributed by atoms with Crippen molar-refractivity contribution in [3.8, 4) is 0 Å². The largest absolute Gasteiger partial charge is 0.349 e. The van der Waals surface area contributed by atoms with Gasteiger partial charge >= 0.3 is 5.69 Å². The Morgan fingerprint density at radius 2 is 1.78 bits per heavy atom. The van der Waals surface area contributed by atoms with Crippen LogP contribution in [0.3, 0.4) is 0 Å². The summed E-state index contributed by atoms with van der Waals surface area (Å²) >= 11 is 0. The van der Waals surface area contributed by atoms with Crippen molar-refractivity contribution in [1.29, 1.82) is 0 Å². The summed E-state index contributed by atoms with van der Waals surface area (Å²) in [6.07, 6.45) is 3.25. The highest BCUT2D eigenvalue weighted by molar-refractivity contribution is 5.79. The molecule has 0 saturated carbocycles. The van der Waals surface area contributed by atoms with Crippen LogP contribution in [0, 0.1) is 5.92 Å². The van der Waals surface area contributed by atoms with Crippen LogP contribution >= 0.6 is 0 Å². The minimum atomic E-state index is -0.380. The van der Waals surface area contributed by atoms with E-state index in [1.54, 1.807) is 13.4 Å². The maximum absolute atomic E-state index is 12.7. The van der Waals surface area contributed by atoms with Crippen LogP contribution in [-0.2, 0) is 25.4 Å². The summed E-state index contributed by atoms with van der Waals surface area (Å²) in [5.74, 6) is 0.138. The first-order valence-corrected chi connectivity index (χ1v) is 11.1. The summed E-state index contributed by atoms with van der Waals surface area (Å²) in [7, 11) is 3.10. The Hall–Kier alpha value is -3.20. The van der Waals surface area contributed by atoms with Crippen molar-refractivity contribution in [2.24, 2.45) is 20.0 Å². The quantitative estimate of drug-likeness (QED) is 0.620. The standard InChI is InChI=1S/C23H30N6O3/c1-16(17-7-5-4-6-8-17)25-21(30)18-9-11-28(12-10-18)13-14-29-15-24-20-19(29)22(31)27(3)23(32)26(20)2/h4-8,15-16,18H,9-14H2,1-3H3,(H,25,30). The first kappa shape index (κ1) is 22.0. The molecule has 0 radical (unpaired) electrons. The molecule has 1 aromatic carbocycles. The van der Waals surface area contributed by atoms with E-state index in [1.165, 1.54) is 11.6 Å². The number of aryl methyl sites for hydroxylation is 1. The number of likely N-dealkylation sites (tertiary alicyclic amines) is 1. The van der Waals surface area contributed by atoms with Crippen molar-refractivity contribution < 1.29 is 4.79 Å². The molecule has 9 nitrogen and oxygen atoms in total. The molecular weight excluding hydrogens is 408 g/mol. The van der Waals surface area contributed by atoms with Gasteiger partial charge in [0, 0.05) is 33.1 Å². The number of nitrogens with one attached hydrogen (secondary N) is 1. The number of nitrogens with zero attached hydrogens (tertiary/aromatic N) is 5. The molecule has 3 heterocycles. The topological polar surface area (TPSA) is 94.2 Å². The van der Waals surface area contributed by atoms with Crippen molar-refractivity contribution in [3.05, 3.63) is 63.1 Å². The van der Waals surface area contributed by atoms with Crippen molar-refractivity contribution in [2.45, 2.75) is 32.4 Å². The number of hydrogen-bond donors (Lipinski definition) is 1. The monoisotopic (exact) mass is 438 g/mol. The molecule has 1 amide bonds. The Bertz CT molecular complexity index is 1220. The Labute approximate surface area is 186 Å². The Morgan fingerprint density at radius 3 is 2.47 bits per heavy atom. The number of amides is 1.